The molecule has 0 spiro atoms. The summed E-state index contributed by atoms with van der Waals surface area (Å²) in [6, 6.07) is 4.75. The van der Waals surface area contributed by atoms with Gasteiger partial charge in [0.05, 0.1) is 0 Å². The van der Waals surface area contributed by atoms with E-state index in [4.69, 9.17) is 16.3 Å². The van der Waals surface area contributed by atoms with Gasteiger partial charge in [-0.2, -0.15) is 0 Å². The molecule has 0 aliphatic heterocycles. The first-order valence-electron chi connectivity index (χ1n) is 5.37. The van der Waals surface area contributed by atoms with E-state index in [1.54, 1.807) is 19.2 Å². The van der Waals surface area contributed by atoms with Gasteiger partial charge < -0.3 is 10.1 Å². The van der Waals surface area contributed by atoms with Crippen LogP contribution in [0.25, 0.3) is 0 Å². The summed E-state index contributed by atoms with van der Waals surface area (Å²) in [5, 5.41) is 3.61. The lowest BCUT2D eigenvalue weighted by Crippen LogP contribution is -2.16. The molecule has 2 nitrogen and oxygen atoms in total. The van der Waals surface area contributed by atoms with Gasteiger partial charge in [0.25, 0.3) is 0 Å². The Morgan fingerprint density at radius 2 is 2.19 bits per heavy atom. The van der Waals surface area contributed by atoms with Crippen molar-refractivity contribution in [3.8, 4) is 0 Å². The van der Waals surface area contributed by atoms with E-state index in [0.29, 0.717) is 17.1 Å². The Kier molecular flexibility index (Phi) is 6.38. The summed E-state index contributed by atoms with van der Waals surface area (Å²) in [5.74, 6) is -0.253. The summed E-state index contributed by atoms with van der Waals surface area (Å²) in [7, 11) is 1.69. The van der Waals surface area contributed by atoms with Gasteiger partial charge in [-0.25, -0.2) is 4.39 Å². The molecule has 0 atom stereocenters. The zero-order chi connectivity index (χ0) is 11.8. The highest BCUT2D eigenvalue weighted by Gasteiger charge is 2.01. The lowest BCUT2D eigenvalue weighted by Gasteiger charge is -2.06. The van der Waals surface area contributed by atoms with Crippen LogP contribution in [0.15, 0.2) is 18.2 Å². The third kappa shape index (κ3) is 4.92. The van der Waals surface area contributed by atoms with Crippen molar-refractivity contribution in [1.29, 1.82) is 0 Å². The number of hydrogen-bond donors (Lipinski definition) is 1. The van der Waals surface area contributed by atoms with Crippen LogP contribution in [0.5, 0.6) is 0 Å². The van der Waals surface area contributed by atoms with E-state index < -0.39 is 0 Å². The van der Waals surface area contributed by atoms with Crippen molar-refractivity contribution in [2.24, 2.45) is 0 Å². The summed E-state index contributed by atoms with van der Waals surface area (Å²) in [6.45, 7) is 2.18. The number of benzene rings is 1. The van der Waals surface area contributed by atoms with Gasteiger partial charge >= 0.3 is 0 Å². The van der Waals surface area contributed by atoms with Crippen LogP contribution < -0.4 is 5.32 Å². The molecule has 0 aromatic heterocycles. The van der Waals surface area contributed by atoms with E-state index in [-0.39, 0.29) is 5.82 Å². The van der Waals surface area contributed by atoms with E-state index in [0.717, 1.165) is 26.0 Å². The molecule has 0 saturated carbocycles. The Morgan fingerprint density at radius 1 is 1.38 bits per heavy atom. The lowest BCUT2D eigenvalue weighted by molar-refractivity contribution is 0.192. The second-order valence-electron chi connectivity index (χ2n) is 3.61. The molecule has 0 aliphatic carbocycles. The Labute approximate surface area is 101 Å². The maximum Gasteiger partial charge on any atom is 0.129 e. The monoisotopic (exact) mass is 245 g/mol. The quantitative estimate of drug-likeness (QED) is 0.746. The minimum absolute atomic E-state index is 0.253. The van der Waals surface area contributed by atoms with Gasteiger partial charge in [-0.3, -0.25) is 0 Å². The predicted octanol–water partition coefficient (Wildman–Crippen LogP) is 3.00. The summed E-state index contributed by atoms with van der Waals surface area (Å²) in [4.78, 5) is 0. The van der Waals surface area contributed by atoms with Crippen LogP contribution in [0, 0.1) is 5.82 Å². The molecule has 16 heavy (non-hydrogen) atoms. The topological polar surface area (TPSA) is 21.3 Å². The number of halogens is 2. The minimum atomic E-state index is -0.253. The number of nitrogens with one attached hydrogen (secondary N) is 1. The highest BCUT2D eigenvalue weighted by molar-refractivity contribution is 6.30. The third-order valence-electron chi connectivity index (χ3n) is 2.28. The second-order valence-corrected chi connectivity index (χ2v) is 4.05. The minimum Gasteiger partial charge on any atom is -0.385 e. The molecule has 1 N–H and O–H groups in total. The maximum atomic E-state index is 13.3. The molecule has 0 saturated heterocycles. The van der Waals surface area contributed by atoms with E-state index in [1.807, 2.05) is 0 Å². The molecule has 4 heteroatoms. The molecule has 0 bridgehead atoms. The molecular formula is C12H17ClFNO. The zero-order valence-electron chi connectivity index (χ0n) is 9.43. The van der Waals surface area contributed by atoms with Gasteiger partial charge in [-0.1, -0.05) is 17.7 Å². The van der Waals surface area contributed by atoms with Gasteiger partial charge in [0.15, 0.2) is 0 Å². The molecule has 1 rings (SSSR count). The van der Waals surface area contributed by atoms with E-state index in [9.17, 15) is 4.39 Å². The first-order valence-corrected chi connectivity index (χ1v) is 5.75. The van der Waals surface area contributed by atoms with E-state index >= 15 is 0 Å². The summed E-state index contributed by atoms with van der Waals surface area (Å²) in [6.07, 6.45) is 2.05. The average Bonchev–Trinajstić information content (AvgIpc) is 2.26. The first kappa shape index (κ1) is 13.4. The average molecular weight is 246 g/mol. The van der Waals surface area contributed by atoms with Crippen LogP contribution >= 0.6 is 11.6 Å². The van der Waals surface area contributed by atoms with Crippen LogP contribution in [0.2, 0.25) is 5.02 Å². The largest absolute Gasteiger partial charge is 0.385 e. The third-order valence-corrected chi connectivity index (χ3v) is 2.52. The van der Waals surface area contributed by atoms with E-state index in [2.05, 4.69) is 5.32 Å². The lowest BCUT2D eigenvalue weighted by atomic mass is 10.2. The summed E-state index contributed by atoms with van der Waals surface area (Å²) >= 11 is 5.66. The zero-order valence-corrected chi connectivity index (χ0v) is 10.2. The summed E-state index contributed by atoms with van der Waals surface area (Å²) < 4.78 is 18.3. The fourth-order valence-corrected chi connectivity index (χ4v) is 1.54. The predicted molar refractivity (Wildman–Crippen MR) is 64.2 cm³/mol. The molecule has 90 valence electrons. The van der Waals surface area contributed by atoms with Gasteiger partial charge in [0.2, 0.25) is 0 Å². The van der Waals surface area contributed by atoms with Gasteiger partial charge in [0.1, 0.15) is 5.82 Å². The molecule has 0 fully saturated rings. The van der Waals surface area contributed by atoms with Crippen molar-refractivity contribution in [3.05, 3.63) is 34.6 Å². The van der Waals surface area contributed by atoms with Crippen molar-refractivity contribution >= 4 is 11.6 Å². The molecule has 1 aromatic carbocycles. The van der Waals surface area contributed by atoms with Crippen LogP contribution in [0.1, 0.15) is 18.4 Å². The van der Waals surface area contributed by atoms with Crippen molar-refractivity contribution in [2.75, 3.05) is 20.3 Å². The Bertz CT molecular complexity index is 320. The van der Waals surface area contributed by atoms with Crippen LogP contribution in [-0.2, 0) is 11.3 Å². The van der Waals surface area contributed by atoms with Gasteiger partial charge in [-0.05, 0) is 31.5 Å². The molecule has 1 aromatic rings. The van der Waals surface area contributed by atoms with Crippen molar-refractivity contribution in [2.45, 2.75) is 19.4 Å². The van der Waals surface area contributed by atoms with Gasteiger partial charge in [0, 0.05) is 30.8 Å². The van der Waals surface area contributed by atoms with Crippen LogP contribution in [0.4, 0.5) is 4.39 Å². The Morgan fingerprint density at radius 3 is 2.88 bits per heavy atom. The standard InChI is InChI=1S/C12H17ClFNO/c1-16-7-3-2-6-15-9-10-4-5-11(13)8-12(10)14/h4-5,8,15H,2-3,6-7,9H2,1H3. The molecule has 0 aliphatic rings. The Hall–Kier alpha value is -0.640. The van der Waals surface area contributed by atoms with E-state index in [1.165, 1.54) is 6.07 Å². The smallest absolute Gasteiger partial charge is 0.129 e. The molecule has 0 amide bonds. The number of hydrogen-bond acceptors (Lipinski definition) is 2. The fraction of sp³-hybridized carbons (Fsp3) is 0.500. The first-order chi connectivity index (χ1) is 7.74. The number of rotatable bonds is 7. The SMILES string of the molecule is COCCCCNCc1ccc(Cl)cc1F. The summed E-state index contributed by atoms with van der Waals surface area (Å²) in [5.41, 5.74) is 0.649. The second kappa shape index (κ2) is 7.60. The fourth-order valence-electron chi connectivity index (χ4n) is 1.38. The normalized spacial score (nSPS) is 10.7. The van der Waals surface area contributed by atoms with Crippen LogP contribution in [0.3, 0.4) is 0 Å². The van der Waals surface area contributed by atoms with Crippen molar-refractivity contribution < 1.29 is 9.13 Å². The van der Waals surface area contributed by atoms with Gasteiger partial charge in [-0.15, -0.1) is 0 Å². The molecule has 0 unspecified atom stereocenters. The highest BCUT2D eigenvalue weighted by atomic mass is 35.5. The maximum absolute atomic E-state index is 13.3. The molecule has 0 radical (unpaired) electrons. The highest BCUT2D eigenvalue weighted by Crippen LogP contribution is 2.14. The Balaban J connectivity index is 2.21. The number of ether oxygens (including phenoxy) is 1. The number of unbranched alkanes of at least 4 members (excludes halogenated alkanes) is 1. The van der Waals surface area contributed by atoms with Crippen molar-refractivity contribution in [3.63, 3.8) is 0 Å². The number of methoxy groups -OCH3 is 1. The van der Waals surface area contributed by atoms with Crippen molar-refractivity contribution in [1.82, 2.24) is 5.32 Å². The molecule has 0 heterocycles. The molecular weight excluding hydrogens is 229 g/mol. The van der Waals surface area contributed by atoms with Crippen LogP contribution in [-0.4, -0.2) is 20.3 Å².